The molecule has 0 fully saturated rings. The third kappa shape index (κ3) is 2.79. The molecule has 0 aliphatic carbocycles. The second-order valence-electron chi connectivity index (χ2n) is 3.31. The van der Waals surface area contributed by atoms with Gasteiger partial charge in [0.25, 0.3) is 0 Å². The van der Waals surface area contributed by atoms with Crippen LogP contribution in [0.2, 0.25) is 0 Å². The Morgan fingerprint density at radius 1 is 1.12 bits per heavy atom. The molecule has 0 spiro atoms. The van der Waals surface area contributed by atoms with E-state index in [2.05, 4.69) is 36.8 Å². The summed E-state index contributed by atoms with van der Waals surface area (Å²) in [6.45, 7) is 0. The fraction of sp³-hybridized carbons (Fsp3) is 0. The molecule has 2 aromatic rings. The molecule has 2 rings (SSSR count). The van der Waals surface area contributed by atoms with Crippen LogP contribution in [-0.2, 0) is 0 Å². The Bertz CT molecular complexity index is 569. The zero-order valence-electron chi connectivity index (χ0n) is 8.45. The zero-order valence-corrected chi connectivity index (χ0v) is 11.6. The third-order valence-electron chi connectivity index (χ3n) is 2.13. The summed E-state index contributed by atoms with van der Waals surface area (Å²) in [5.41, 5.74) is 0.222. The Morgan fingerprint density at radius 2 is 1.82 bits per heavy atom. The predicted octanol–water partition coefficient (Wildman–Crippen LogP) is 3.98. The smallest absolute Gasteiger partial charge is 0.214 e. The number of nitrogens with zero attached hydrogens (tertiary/aromatic N) is 1. The van der Waals surface area contributed by atoms with Crippen molar-refractivity contribution < 1.29 is 9.18 Å². The van der Waals surface area contributed by atoms with Gasteiger partial charge in [0, 0.05) is 15.1 Å². The molecule has 86 valence electrons. The van der Waals surface area contributed by atoms with Gasteiger partial charge in [-0.2, -0.15) is 0 Å². The lowest BCUT2D eigenvalue weighted by atomic mass is 10.1. The average molecular weight is 359 g/mol. The van der Waals surface area contributed by atoms with Gasteiger partial charge in [-0.05, 0) is 46.3 Å². The number of rotatable bonds is 2. The summed E-state index contributed by atoms with van der Waals surface area (Å²) in [7, 11) is 0. The maximum atomic E-state index is 13.5. The lowest BCUT2D eigenvalue weighted by Crippen LogP contribution is -2.06. The molecule has 0 saturated carbocycles. The van der Waals surface area contributed by atoms with E-state index >= 15 is 0 Å². The maximum Gasteiger partial charge on any atom is 0.214 e. The summed E-state index contributed by atoms with van der Waals surface area (Å²) < 4.78 is 14.9. The molecule has 0 amide bonds. The van der Waals surface area contributed by atoms with Gasteiger partial charge >= 0.3 is 0 Å². The SMILES string of the molecule is O=C(c1ccc(Br)cn1)c1cc(Br)ccc1F. The monoisotopic (exact) mass is 357 g/mol. The van der Waals surface area contributed by atoms with Gasteiger partial charge in [0.1, 0.15) is 11.5 Å². The van der Waals surface area contributed by atoms with Crippen LogP contribution < -0.4 is 0 Å². The zero-order chi connectivity index (χ0) is 12.4. The third-order valence-corrected chi connectivity index (χ3v) is 3.10. The normalized spacial score (nSPS) is 10.3. The van der Waals surface area contributed by atoms with Crippen LogP contribution in [0.25, 0.3) is 0 Å². The molecular formula is C12H6Br2FNO. The van der Waals surface area contributed by atoms with Crippen molar-refractivity contribution in [1.82, 2.24) is 4.98 Å². The van der Waals surface area contributed by atoms with E-state index in [9.17, 15) is 9.18 Å². The number of carbonyl (C=O) groups is 1. The quantitative estimate of drug-likeness (QED) is 0.760. The van der Waals surface area contributed by atoms with Crippen LogP contribution >= 0.6 is 31.9 Å². The Balaban J connectivity index is 2.43. The van der Waals surface area contributed by atoms with Gasteiger partial charge in [0.05, 0.1) is 5.56 Å². The number of pyridine rings is 1. The lowest BCUT2D eigenvalue weighted by Gasteiger charge is -2.02. The summed E-state index contributed by atoms with van der Waals surface area (Å²) in [6, 6.07) is 7.47. The van der Waals surface area contributed by atoms with Crippen molar-refractivity contribution in [2.45, 2.75) is 0 Å². The first-order valence-electron chi connectivity index (χ1n) is 4.69. The Morgan fingerprint density at radius 3 is 2.47 bits per heavy atom. The lowest BCUT2D eigenvalue weighted by molar-refractivity contribution is 0.103. The largest absolute Gasteiger partial charge is 0.287 e. The Labute approximate surface area is 114 Å². The second-order valence-corrected chi connectivity index (χ2v) is 5.15. The van der Waals surface area contributed by atoms with Gasteiger partial charge in [0.15, 0.2) is 0 Å². The summed E-state index contributed by atoms with van der Waals surface area (Å²) in [4.78, 5) is 15.9. The van der Waals surface area contributed by atoms with Crippen molar-refractivity contribution in [3.05, 3.63) is 62.5 Å². The molecule has 0 unspecified atom stereocenters. The Hall–Kier alpha value is -1.07. The number of benzene rings is 1. The fourth-order valence-corrected chi connectivity index (χ4v) is 1.92. The van der Waals surface area contributed by atoms with Crippen LogP contribution in [0.1, 0.15) is 16.1 Å². The standard InChI is InChI=1S/C12H6Br2FNO/c13-7-1-3-10(15)9(5-7)12(17)11-4-2-8(14)6-16-11/h1-6H. The van der Waals surface area contributed by atoms with Crippen molar-refractivity contribution in [1.29, 1.82) is 0 Å². The highest BCUT2D eigenvalue weighted by atomic mass is 79.9. The number of hydrogen-bond donors (Lipinski definition) is 0. The minimum Gasteiger partial charge on any atom is -0.287 e. The molecule has 0 atom stereocenters. The molecule has 0 aliphatic rings. The van der Waals surface area contributed by atoms with E-state index in [-0.39, 0.29) is 11.3 Å². The molecule has 0 N–H and O–H groups in total. The highest BCUT2D eigenvalue weighted by molar-refractivity contribution is 9.10. The minimum atomic E-state index is -0.553. The number of ketones is 1. The van der Waals surface area contributed by atoms with Gasteiger partial charge in [-0.3, -0.25) is 9.78 Å². The van der Waals surface area contributed by atoms with Gasteiger partial charge in [-0.1, -0.05) is 15.9 Å². The van der Waals surface area contributed by atoms with Crippen LogP contribution in [-0.4, -0.2) is 10.8 Å². The predicted molar refractivity (Wildman–Crippen MR) is 69.5 cm³/mol. The number of hydrogen-bond acceptors (Lipinski definition) is 2. The molecule has 2 nitrogen and oxygen atoms in total. The topological polar surface area (TPSA) is 30.0 Å². The van der Waals surface area contributed by atoms with Crippen molar-refractivity contribution in [3.63, 3.8) is 0 Å². The summed E-state index contributed by atoms with van der Waals surface area (Å²) >= 11 is 6.42. The first-order chi connectivity index (χ1) is 8.08. The van der Waals surface area contributed by atoms with Crippen LogP contribution in [0, 0.1) is 5.82 Å². The van der Waals surface area contributed by atoms with E-state index in [0.717, 1.165) is 4.47 Å². The van der Waals surface area contributed by atoms with Crippen LogP contribution in [0.4, 0.5) is 4.39 Å². The summed E-state index contributed by atoms with van der Waals surface area (Å²) in [5, 5.41) is 0. The molecule has 1 aromatic heterocycles. The van der Waals surface area contributed by atoms with E-state index < -0.39 is 11.6 Å². The van der Waals surface area contributed by atoms with Crippen LogP contribution in [0.15, 0.2) is 45.5 Å². The molecule has 5 heteroatoms. The molecule has 1 aromatic carbocycles. The van der Waals surface area contributed by atoms with E-state index in [1.165, 1.54) is 18.3 Å². The summed E-state index contributed by atoms with van der Waals surface area (Å²) in [6.07, 6.45) is 1.50. The van der Waals surface area contributed by atoms with Crippen molar-refractivity contribution in [2.24, 2.45) is 0 Å². The molecule has 0 saturated heterocycles. The fourth-order valence-electron chi connectivity index (χ4n) is 1.32. The van der Waals surface area contributed by atoms with E-state index in [1.54, 1.807) is 18.2 Å². The van der Waals surface area contributed by atoms with E-state index in [4.69, 9.17) is 0 Å². The highest BCUT2D eigenvalue weighted by Crippen LogP contribution is 2.18. The molecule has 0 radical (unpaired) electrons. The average Bonchev–Trinajstić information content (AvgIpc) is 2.32. The first-order valence-corrected chi connectivity index (χ1v) is 6.28. The van der Waals surface area contributed by atoms with Gasteiger partial charge in [-0.15, -0.1) is 0 Å². The first kappa shape index (κ1) is 12.4. The van der Waals surface area contributed by atoms with Gasteiger partial charge in [-0.25, -0.2) is 4.39 Å². The molecule has 0 bridgehead atoms. The minimum absolute atomic E-state index is 0.00852. The van der Waals surface area contributed by atoms with E-state index in [0.29, 0.717) is 4.47 Å². The highest BCUT2D eigenvalue weighted by Gasteiger charge is 2.15. The van der Waals surface area contributed by atoms with E-state index in [1.807, 2.05) is 0 Å². The molecular weight excluding hydrogens is 353 g/mol. The number of carbonyl (C=O) groups excluding carboxylic acids is 1. The summed E-state index contributed by atoms with van der Waals surface area (Å²) in [5.74, 6) is -0.987. The van der Waals surface area contributed by atoms with Gasteiger partial charge < -0.3 is 0 Å². The Kier molecular flexibility index (Phi) is 3.69. The van der Waals surface area contributed by atoms with Crippen LogP contribution in [0.5, 0.6) is 0 Å². The maximum absolute atomic E-state index is 13.5. The second kappa shape index (κ2) is 5.06. The molecule has 1 heterocycles. The number of aromatic nitrogens is 1. The molecule has 17 heavy (non-hydrogen) atoms. The van der Waals surface area contributed by atoms with Gasteiger partial charge in [0.2, 0.25) is 5.78 Å². The number of halogens is 3. The van der Waals surface area contributed by atoms with Crippen LogP contribution in [0.3, 0.4) is 0 Å². The van der Waals surface area contributed by atoms with Crippen molar-refractivity contribution >= 4 is 37.6 Å². The van der Waals surface area contributed by atoms with Crippen molar-refractivity contribution in [2.75, 3.05) is 0 Å². The van der Waals surface area contributed by atoms with Crippen molar-refractivity contribution in [3.8, 4) is 0 Å². The molecule has 0 aliphatic heterocycles.